The van der Waals surface area contributed by atoms with Gasteiger partial charge in [0.25, 0.3) is 0 Å². The Balaban J connectivity index is 1.68. The number of aromatic nitrogens is 1. The molecular formula is C22H26N4. The molecule has 0 saturated carbocycles. The highest BCUT2D eigenvalue weighted by molar-refractivity contribution is 6.01. The molecule has 134 valence electrons. The zero-order chi connectivity index (χ0) is 17.9. The Morgan fingerprint density at radius 1 is 0.962 bits per heavy atom. The quantitative estimate of drug-likeness (QED) is 0.753. The van der Waals surface area contributed by atoms with E-state index in [9.17, 15) is 0 Å². The highest BCUT2D eigenvalue weighted by atomic mass is 15.2. The van der Waals surface area contributed by atoms with E-state index < -0.39 is 0 Å². The van der Waals surface area contributed by atoms with Crippen LogP contribution >= 0.6 is 0 Å². The molecule has 0 spiro atoms. The molecule has 1 aliphatic rings. The molecule has 1 saturated heterocycles. The van der Waals surface area contributed by atoms with Gasteiger partial charge in [-0.15, -0.1) is 0 Å². The van der Waals surface area contributed by atoms with Crippen LogP contribution in [0.2, 0.25) is 0 Å². The first-order valence-electron chi connectivity index (χ1n) is 9.33. The van der Waals surface area contributed by atoms with E-state index >= 15 is 0 Å². The van der Waals surface area contributed by atoms with E-state index in [0.29, 0.717) is 6.04 Å². The molecule has 1 fully saturated rings. The number of anilines is 3. The number of likely N-dealkylation sites (tertiary alicyclic amines) is 1. The van der Waals surface area contributed by atoms with Crippen molar-refractivity contribution in [2.45, 2.75) is 18.9 Å². The number of para-hydroxylation sites is 1. The topological polar surface area (TPSA) is 31.4 Å². The minimum atomic E-state index is 0.551. The lowest BCUT2D eigenvalue weighted by Gasteiger charge is -2.36. The van der Waals surface area contributed by atoms with Crippen LogP contribution in [0.5, 0.6) is 0 Å². The van der Waals surface area contributed by atoms with Crippen molar-refractivity contribution in [3.63, 3.8) is 0 Å². The molecule has 0 bridgehead atoms. The molecule has 4 rings (SSSR count). The van der Waals surface area contributed by atoms with Crippen molar-refractivity contribution in [3.05, 3.63) is 60.8 Å². The Hall–Kier alpha value is -2.59. The third-order valence-corrected chi connectivity index (χ3v) is 5.40. The van der Waals surface area contributed by atoms with Crippen LogP contribution in [0.3, 0.4) is 0 Å². The van der Waals surface area contributed by atoms with Gasteiger partial charge in [0.2, 0.25) is 0 Å². The molecule has 3 aromatic rings. The van der Waals surface area contributed by atoms with E-state index in [1.807, 2.05) is 24.4 Å². The fourth-order valence-corrected chi connectivity index (χ4v) is 3.79. The minimum Gasteiger partial charge on any atom is -0.356 e. The Morgan fingerprint density at radius 3 is 2.35 bits per heavy atom. The molecule has 0 amide bonds. The Labute approximate surface area is 155 Å². The number of benzene rings is 2. The maximum Gasteiger partial charge on any atom is 0.136 e. The molecule has 4 nitrogen and oxygen atoms in total. The van der Waals surface area contributed by atoms with Gasteiger partial charge >= 0.3 is 0 Å². The van der Waals surface area contributed by atoms with Crippen molar-refractivity contribution in [1.82, 2.24) is 9.88 Å². The summed E-state index contributed by atoms with van der Waals surface area (Å²) in [6.07, 6.45) is 4.34. The Kier molecular flexibility index (Phi) is 4.76. The zero-order valence-electron chi connectivity index (χ0n) is 15.5. The van der Waals surface area contributed by atoms with Crippen LogP contribution in [-0.4, -0.2) is 43.1 Å². The Morgan fingerprint density at radius 2 is 1.62 bits per heavy atom. The summed E-state index contributed by atoms with van der Waals surface area (Å²) >= 11 is 0. The van der Waals surface area contributed by atoms with Crippen molar-refractivity contribution >= 4 is 28.0 Å². The molecule has 0 atom stereocenters. The molecule has 26 heavy (non-hydrogen) atoms. The first kappa shape index (κ1) is 16.9. The van der Waals surface area contributed by atoms with Crippen LogP contribution in [0.25, 0.3) is 10.8 Å². The third-order valence-electron chi connectivity index (χ3n) is 5.40. The first-order chi connectivity index (χ1) is 12.7. The number of nitrogens with zero attached hydrogens (tertiary/aromatic N) is 3. The van der Waals surface area contributed by atoms with Crippen molar-refractivity contribution in [1.29, 1.82) is 0 Å². The second-order valence-corrected chi connectivity index (χ2v) is 7.18. The lowest BCUT2D eigenvalue weighted by Crippen LogP contribution is -2.42. The number of hydrogen-bond donors (Lipinski definition) is 1. The molecule has 2 heterocycles. The van der Waals surface area contributed by atoms with Crippen LogP contribution in [0.15, 0.2) is 60.8 Å². The smallest absolute Gasteiger partial charge is 0.136 e. The third kappa shape index (κ3) is 3.37. The van der Waals surface area contributed by atoms with E-state index in [2.05, 4.69) is 65.6 Å². The summed E-state index contributed by atoms with van der Waals surface area (Å²) in [6.45, 7) is 2.31. The fourth-order valence-electron chi connectivity index (χ4n) is 3.79. The molecule has 1 aliphatic heterocycles. The maximum absolute atomic E-state index is 4.85. The largest absolute Gasteiger partial charge is 0.356 e. The van der Waals surface area contributed by atoms with Gasteiger partial charge in [-0.2, -0.15) is 0 Å². The average Bonchev–Trinajstić information content (AvgIpc) is 2.69. The summed E-state index contributed by atoms with van der Waals surface area (Å²) in [7, 11) is 4.39. The molecule has 1 N–H and O–H groups in total. The number of piperidine rings is 1. The summed E-state index contributed by atoms with van der Waals surface area (Å²) in [5, 5.41) is 5.92. The zero-order valence-corrected chi connectivity index (χ0v) is 15.5. The number of hydrogen-bond acceptors (Lipinski definition) is 4. The summed E-state index contributed by atoms with van der Waals surface area (Å²) in [4.78, 5) is 9.63. The molecule has 1 aromatic heterocycles. The average molecular weight is 346 g/mol. The van der Waals surface area contributed by atoms with Crippen LogP contribution in [0.4, 0.5) is 17.2 Å². The van der Waals surface area contributed by atoms with Crippen LogP contribution < -0.4 is 10.2 Å². The lowest BCUT2D eigenvalue weighted by molar-refractivity contribution is 0.252. The first-order valence-corrected chi connectivity index (χ1v) is 9.33. The van der Waals surface area contributed by atoms with Crippen LogP contribution in [0.1, 0.15) is 12.8 Å². The van der Waals surface area contributed by atoms with Crippen molar-refractivity contribution in [2.24, 2.45) is 0 Å². The minimum absolute atomic E-state index is 0.551. The molecule has 0 unspecified atom stereocenters. The monoisotopic (exact) mass is 346 g/mol. The highest BCUT2D eigenvalue weighted by Crippen LogP contribution is 2.33. The number of pyridine rings is 1. The van der Waals surface area contributed by atoms with Gasteiger partial charge in [0.05, 0.1) is 11.9 Å². The summed E-state index contributed by atoms with van der Waals surface area (Å²) in [5.74, 6) is 1.08. The second kappa shape index (κ2) is 7.34. The summed E-state index contributed by atoms with van der Waals surface area (Å²) in [6, 6.07) is 19.4. The normalized spacial score (nSPS) is 15.9. The van der Waals surface area contributed by atoms with Gasteiger partial charge in [0, 0.05) is 29.5 Å². The van der Waals surface area contributed by atoms with Gasteiger partial charge in [0.15, 0.2) is 0 Å². The van der Waals surface area contributed by atoms with Gasteiger partial charge in [-0.25, -0.2) is 4.98 Å². The van der Waals surface area contributed by atoms with Crippen molar-refractivity contribution in [3.8, 4) is 0 Å². The highest BCUT2D eigenvalue weighted by Gasteiger charge is 2.23. The number of nitrogens with one attached hydrogen (secondary N) is 1. The van der Waals surface area contributed by atoms with E-state index in [1.165, 1.54) is 23.6 Å². The van der Waals surface area contributed by atoms with Crippen LogP contribution in [0, 0.1) is 0 Å². The predicted molar refractivity (Wildman–Crippen MR) is 110 cm³/mol. The maximum atomic E-state index is 4.85. The van der Waals surface area contributed by atoms with Gasteiger partial charge in [-0.3, -0.25) is 0 Å². The molecule has 0 aliphatic carbocycles. The molecule has 4 heteroatoms. The molecule has 2 aromatic carbocycles. The SMILES string of the molecule is CN1CCC(N(C)c2ncc(Nc3ccccc3)c3ccccc23)CC1. The van der Waals surface area contributed by atoms with E-state index in [-0.39, 0.29) is 0 Å². The van der Waals surface area contributed by atoms with E-state index in [4.69, 9.17) is 4.98 Å². The van der Waals surface area contributed by atoms with Crippen LogP contribution in [-0.2, 0) is 0 Å². The standard InChI is InChI=1S/C22H26N4/c1-25-14-12-18(13-15-25)26(2)22-20-11-7-6-10-19(20)21(16-23-22)24-17-8-4-3-5-9-17/h3-11,16,18,24H,12-15H2,1-2H3. The van der Waals surface area contributed by atoms with Gasteiger partial charge in [-0.05, 0) is 45.1 Å². The summed E-state index contributed by atoms with van der Waals surface area (Å²) in [5.41, 5.74) is 2.13. The number of rotatable bonds is 4. The Bertz CT molecular complexity index is 870. The predicted octanol–water partition coefficient (Wildman–Crippen LogP) is 4.51. The molecular weight excluding hydrogens is 320 g/mol. The van der Waals surface area contributed by atoms with Gasteiger partial charge in [0.1, 0.15) is 5.82 Å². The molecule has 0 radical (unpaired) electrons. The fraction of sp³-hybridized carbons (Fsp3) is 0.318. The van der Waals surface area contributed by atoms with E-state index in [0.717, 1.165) is 30.3 Å². The van der Waals surface area contributed by atoms with Crippen molar-refractivity contribution < 1.29 is 0 Å². The number of fused-ring (bicyclic) bond motifs is 1. The van der Waals surface area contributed by atoms with Gasteiger partial charge in [-0.1, -0.05) is 42.5 Å². The van der Waals surface area contributed by atoms with E-state index in [1.54, 1.807) is 0 Å². The van der Waals surface area contributed by atoms with Crippen molar-refractivity contribution in [2.75, 3.05) is 37.4 Å². The second-order valence-electron chi connectivity index (χ2n) is 7.18. The lowest BCUT2D eigenvalue weighted by atomic mass is 10.0. The summed E-state index contributed by atoms with van der Waals surface area (Å²) < 4.78 is 0. The van der Waals surface area contributed by atoms with Gasteiger partial charge < -0.3 is 15.1 Å².